The van der Waals surface area contributed by atoms with Crippen LogP contribution in [0, 0.1) is 0 Å². The molecule has 0 fully saturated rings. The molecule has 2 nitrogen and oxygen atoms in total. The molecule has 0 atom stereocenters. The highest BCUT2D eigenvalue weighted by molar-refractivity contribution is 5.66. The lowest BCUT2D eigenvalue weighted by Gasteiger charge is -1.71. The van der Waals surface area contributed by atoms with Crippen molar-refractivity contribution < 1.29 is 9.90 Å². The number of hydrogen-bond donors (Lipinski definition) is 1. The summed E-state index contributed by atoms with van der Waals surface area (Å²) in [5, 5.41) is 3.51. The van der Waals surface area contributed by atoms with E-state index in [2.05, 4.69) is 5.11 Å². The van der Waals surface area contributed by atoms with Crippen molar-refractivity contribution in [2.24, 2.45) is 0 Å². The van der Waals surface area contributed by atoms with E-state index in [-0.39, 0.29) is 6.42 Å². The molecule has 0 aromatic carbocycles. The third kappa shape index (κ3) is 30.5. The Morgan fingerprint density at radius 1 is 1.86 bits per heavy atom. The molecule has 0 spiro atoms. The number of aliphatic carboxylic acids is 1. The van der Waals surface area contributed by atoms with Gasteiger partial charge in [-0.25, -0.2) is 0 Å². The molecule has 0 bridgehead atoms. The Bertz CT molecular complexity index is 48.4. The molecule has 0 aromatic heterocycles. The van der Waals surface area contributed by atoms with Crippen molar-refractivity contribution in [3.05, 3.63) is 0 Å². The van der Waals surface area contributed by atoms with Crippen LogP contribution in [-0.2, 0) is 4.79 Å². The zero-order valence-electron chi connectivity index (χ0n) is 6.02. The number of carboxylic acids is 1. The van der Waals surface area contributed by atoms with Crippen molar-refractivity contribution >= 4 is 5.97 Å². The summed E-state index contributed by atoms with van der Waals surface area (Å²) in [6, 6.07) is 0. The Hall–Kier alpha value is -0.530. The molecule has 0 saturated carbocycles. The lowest BCUT2D eigenvalue weighted by Crippen LogP contribution is -1.86. The van der Waals surface area contributed by atoms with Gasteiger partial charge in [0.05, 0.1) is 0 Å². The molecule has 44 valence electrons. The summed E-state index contributed by atoms with van der Waals surface area (Å²) in [6.07, 6.45) is 0.281. The normalized spacial score (nSPS) is 7.57. The minimum Gasteiger partial charge on any atom is -0.481 e. The fourth-order valence-electron chi connectivity index (χ4n) is 0. The van der Waals surface area contributed by atoms with Crippen molar-refractivity contribution in [3.8, 4) is 0 Å². The van der Waals surface area contributed by atoms with Gasteiger partial charge in [-0.05, 0) is 0 Å². The van der Waals surface area contributed by atoms with Gasteiger partial charge in [-0.15, -0.1) is 0 Å². The molecule has 7 heavy (non-hydrogen) atoms. The van der Waals surface area contributed by atoms with Gasteiger partial charge < -0.3 is 5.11 Å². The predicted molar refractivity (Wildman–Crippen MR) is 29.3 cm³/mol. The molecule has 0 aliphatic heterocycles. The fraction of sp³-hybridized carbons (Fsp3) is 0.800. The van der Waals surface area contributed by atoms with Gasteiger partial charge in [-0.3, -0.25) is 4.79 Å². The van der Waals surface area contributed by atoms with Crippen LogP contribution in [0.25, 0.3) is 1.43 Å². The Kier molecular flexibility index (Phi) is 8.39. The second-order valence-corrected chi connectivity index (χ2v) is 0.726. The quantitative estimate of drug-likeness (QED) is 0.548. The molecule has 0 saturated heterocycles. The molecule has 0 radical (unpaired) electrons. The number of rotatable bonds is 1. The van der Waals surface area contributed by atoms with E-state index in [1.54, 1.807) is 6.92 Å². The van der Waals surface area contributed by atoms with Crippen molar-refractivity contribution in [3.63, 3.8) is 0 Å². The van der Waals surface area contributed by atoms with Gasteiger partial charge in [0, 0.05) is 6.42 Å². The van der Waals surface area contributed by atoms with Crippen molar-refractivity contribution in [2.45, 2.75) is 27.2 Å². The summed E-state index contributed by atoms with van der Waals surface area (Å²) in [6.45, 7) is 5.64. The van der Waals surface area contributed by atoms with Crippen molar-refractivity contribution in [1.29, 1.82) is 1.43 Å². The lowest BCUT2D eigenvalue weighted by molar-refractivity contribution is -0.136. The molecule has 0 aliphatic carbocycles. The average Bonchev–Trinajstić information content (AvgIpc) is 1.91. The molecule has 0 aliphatic rings. The summed E-state index contributed by atoms with van der Waals surface area (Å²) >= 11 is 0. The van der Waals surface area contributed by atoms with E-state index in [0.29, 0.717) is 0 Å². The molecular weight excluding hydrogens is 92.1 g/mol. The maximum Gasteiger partial charge on any atom is 0.303 e. The minimum atomic E-state index is -0.491. The van der Waals surface area contributed by atoms with E-state index in [9.17, 15) is 4.79 Å². The van der Waals surface area contributed by atoms with E-state index >= 15 is 0 Å². The highest BCUT2D eigenvalue weighted by atomic mass is 16.4. The highest BCUT2D eigenvalue weighted by Crippen LogP contribution is 1.67. The van der Waals surface area contributed by atoms with E-state index in [0.717, 1.165) is 0 Å². The highest BCUT2D eigenvalue weighted by Gasteiger charge is 1.80. The first kappa shape index (κ1) is 6.47. The van der Waals surface area contributed by atoms with Gasteiger partial charge in [0.25, 0.3) is 1.43 Å². The maximum absolute atomic E-state index is 9.77. The van der Waals surface area contributed by atoms with Crippen LogP contribution in [0.4, 0.5) is 0 Å². The van der Waals surface area contributed by atoms with Crippen LogP contribution in [0.3, 0.4) is 0 Å². The lowest BCUT2D eigenvalue weighted by atomic mass is 10.5. The molecular formula is C5H12O2. The van der Waals surface area contributed by atoms with Crippen LogP contribution in [0.15, 0.2) is 0 Å². The van der Waals surface area contributed by atoms with Crippen molar-refractivity contribution in [1.82, 2.24) is 0 Å². The van der Waals surface area contributed by atoms with Crippen LogP contribution in [0.1, 0.15) is 27.2 Å². The van der Waals surface area contributed by atoms with Gasteiger partial charge in [0.2, 0.25) is 0 Å². The smallest absolute Gasteiger partial charge is 0.303 e. The summed E-state index contributed by atoms with van der Waals surface area (Å²) in [7, 11) is 0. The van der Waals surface area contributed by atoms with Crippen molar-refractivity contribution in [2.75, 3.05) is 0 Å². The van der Waals surface area contributed by atoms with Crippen LogP contribution in [0.2, 0.25) is 0 Å². The van der Waals surface area contributed by atoms with Gasteiger partial charge in [0.15, 0.2) is 0 Å². The van der Waals surface area contributed by atoms with Crippen LogP contribution in [0.5, 0.6) is 0 Å². The molecule has 0 unspecified atom stereocenters. The SMILES string of the molecule is CC.[2H]OC(=O)CC. The summed E-state index contributed by atoms with van der Waals surface area (Å²) < 4.78 is 5.96. The van der Waals surface area contributed by atoms with Gasteiger partial charge in [0.1, 0.15) is 0 Å². The molecule has 2 heteroatoms. The molecule has 0 aromatic rings. The van der Waals surface area contributed by atoms with Gasteiger partial charge >= 0.3 is 5.97 Å². The zero-order chi connectivity index (χ0) is 6.99. The minimum absolute atomic E-state index is 0.281. The van der Waals surface area contributed by atoms with Crippen LogP contribution < -0.4 is 0 Å². The largest absolute Gasteiger partial charge is 0.481 e. The number of carbonyl (C=O) groups is 1. The summed E-state index contributed by atoms with van der Waals surface area (Å²) in [4.78, 5) is 9.77. The Morgan fingerprint density at radius 2 is 2.29 bits per heavy atom. The first-order valence-corrected chi connectivity index (χ1v) is 2.47. The Morgan fingerprint density at radius 3 is 2.29 bits per heavy atom. The van der Waals surface area contributed by atoms with Gasteiger partial charge in [-0.1, -0.05) is 20.8 Å². The molecule has 0 rings (SSSR count). The van der Waals surface area contributed by atoms with E-state index in [1.807, 2.05) is 13.8 Å². The molecule has 0 amide bonds. The van der Waals surface area contributed by atoms with Gasteiger partial charge in [-0.2, -0.15) is 0 Å². The first-order valence-electron chi connectivity index (χ1n) is 2.88. The fourth-order valence-corrected chi connectivity index (χ4v) is 0. The Balaban J connectivity index is 0. The number of carboxylic acid groups (broad SMARTS) is 1. The standard InChI is InChI=1S/C3H6O2.C2H6/c1-2-3(4)5;1-2/h2H2,1H3,(H,4,5);1-2H3/i/hD. The first-order chi connectivity index (χ1) is 3.81. The van der Waals surface area contributed by atoms with E-state index < -0.39 is 5.97 Å². The summed E-state index contributed by atoms with van der Waals surface area (Å²) in [5.41, 5.74) is 0. The second kappa shape index (κ2) is 9.08. The third-order valence-corrected chi connectivity index (χ3v) is 0.289. The van der Waals surface area contributed by atoms with E-state index in [1.165, 1.54) is 0 Å². The zero-order valence-corrected chi connectivity index (χ0v) is 5.02. The number of hydrogen-bond acceptors (Lipinski definition) is 2. The van der Waals surface area contributed by atoms with E-state index in [4.69, 9.17) is 1.43 Å². The third-order valence-electron chi connectivity index (χ3n) is 0.289. The Labute approximate surface area is 45.7 Å². The second-order valence-electron chi connectivity index (χ2n) is 0.726. The predicted octanol–water partition coefficient (Wildman–Crippen LogP) is 1.51. The molecule has 1 N–H and O–H groups in total. The van der Waals surface area contributed by atoms with Crippen LogP contribution >= 0.6 is 0 Å². The summed E-state index contributed by atoms with van der Waals surface area (Å²) in [5.74, 6) is -0.491. The maximum atomic E-state index is 9.77. The topological polar surface area (TPSA) is 37.3 Å². The van der Waals surface area contributed by atoms with Crippen LogP contribution in [-0.4, -0.2) is 11.1 Å². The monoisotopic (exact) mass is 105 g/mol. The average molecular weight is 105 g/mol. The molecule has 0 heterocycles.